The van der Waals surface area contributed by atoms with Crippen LogP contribution in [-0.2, 0) is 0 Å². The molecule has 1 atom stereocenters. The van der Waals surface area contributed by atoms with E-state index < -0.39 is 0 Å². The highest BCUT2D eigenvalue weighted by Gasteiger charge is 2.13. The second-order valence-electron chi connectivity index (χ2n) is 3.92. The number of aromatic nitrogens is 2. The van der Waals surface area contributed by atoms with Gasteiger partial charge >= 0.3 is 0 Å². The standard InChI is InChI=1S/C12H14FN3S/c1-3-10(14)12-16-15-11(17-12)9-6-8(13)5-4-7(9)2/h4-6,10H,3,14H2,1-2H3. The molecule has 2 N–H and O–H groups in total. The van der Waals surface area contributed by atoms with Gasteiger partial charge in [-0.15, -0.1) is 10.2 Å². The maximum atomic E-state index is 13.2. The van der Waals surface area contributed by atoms with Crippen molar-refractivity contribution < 1.29 is 4.39 Å². The van der Waals surface area contributed by atoms with Crippen LogP contribution in [0.1, 0.15) is 30.0 Å². The largest absolute Gasteiger partial charge is 0.322 e. The summed E-state index contributed by atoms with van der Waals surface area (Å²) >= 11 is 1.43. The van der Waals surface area contributed by atoms with Crippen LogP contribution in [0.15, 0.2) is 18.2 Å². The van der Waals surface area contributed by atoms with Crippen molar-refractivity contribution in [2.45, 2.75) is 26.3 Å². The lowest BCUT2D eigenvalue weighted by molar-refractivity contribution is 0.628. The number of rotatable bonds is 3. The number of hydrogen-bond acceptors (Lipinski definition) is 4. The highest BCUT2D eigenvalue weighted by Crippen LogP contribution is 2.29. The molecule has 0 aliphatic carbocycles. The second kappa shape index (κ2) is 4.89. The van der Waals surface area contributed by atoms with Crippen molar-refractivity contribution in [1.29, 1.82) is 0 Å². The predicted molar refractivity (Wildman–Crippen MR) is 67.3 cm³/mol. The molecule has 3 nitrogen and oxygen atoms in total. The zero-order valence-corrected chi connectivity index (χ0v) is 10.6. The average molecular weight is 251 g/mol. The van der Waals surface area contributed by atoms with E-state index in [1.54, 1.807) is 6.07 Å². The number of nitrogens with two attached hydrogens (primary N) is 1. The fraction of sp³-hybridized carbons (Fsp3) is 0.333. The SMILES string of the molecule is CCC(N)c1nnc(-c2cc(F)ccc2C)s1. The van der Waals surface area contributed by atoms with Crippen LogP contribution >= 0.6 is 11.3 Å². The number of hydrogen-bond donors (Lipinski definition) is 1. The molecule has 1 heterocycles. The molecule has 5 heteroatoms. The van der Waals surface area contributed by atoms with Gasteiger partial charge in [-0.25, -0.2) is 4.39 Å². The minimum Gasteiger partial charge on any atom is -0.322 e. The molecule has 0 spiro atoms. The lowest BCUT2D eigenvalue weighted by atomic mass is 10.1. The summed E-state index contributed by atoms with van der Waals surface area (Å²) in [7, 11) is 0. The minimum absolute atomic E-state index is 0.0879. The van der Waals surface area contributed by atoms with Gasteiger partial charge in [-0.2, -0.15) is 0 Å². The summed E-state index contributed by atoms with van der Waals surface area (Å²) in [5.74, 6) is -0.262. The fourth-order valence-electron chi connectivity index (χ4n) is 1.49. The summed E-state index contributed by atoms with van der Waals surface area (Å²) in [6.07, 6.45) is 0.816. The molecule has 0 radical (unpaired) electrons. The van der Waals surface area contributed by atoms with Gasteiger partial charge in [-0.3, -0.25) is 0 Å². The molecule has 1 unspecified atom stereocenters. The van der Waals surface area contributed by atoms with Gasteiger partial charge in [-0.1, -0.05) is 24.3 Å². The van der Waals surface area contributed by atoms with Crippen molar-refractivity contribution in [3.8, 4) is 10.6 Å². The van der Waals surface area contributed by atoms with E-state index >= 15 is 0 Å². The molecule has 2 rings (SSSR count). The highest BCUT2D eigenvalue weighted by atomic mass is 32.1. The Morgan fingerprint density at radius 1 is 1.41 bits per heavy atom. The third-order valence-electron chi connectivity index (χ3n) is 2.63. The first-order chi connectivity index (χ1) is 8.11. The van der Waals surface area contributed by atoms with Crippen molar-refractivity contribution in [2.24, 2.45) is 5.73 Å². The first-order valence-corrected chi connectivity index (χ1v) is 6.29. The van der Waals surface area contributed by atoms with Crippen molar-refractivity contribution >= 4 is 11.3 Å². The highest BCUT2D eigenvalue weighted by molar-refractivity contribution is 7.14. The Bertz CT molecular complexity index is 524. The van der Waals surface area contributed by atoms with Gasteiger partial charge in [-0.05, 0) is 31.0 Å². The van der Waals surface area contributed by atoms with E-state index in [4.69, 9.17) is 5.73 Å². The molecular formula is C12H14FN3S. The molecule has 0 bridgehead atoms. The van der Waals surface area contributed by atoms with Gasteiger partial charge in [0, 0.05) is 5.56 Å². The zero-order valence-electron chi connectivity index (χ0n) is 9.77. The molecular weight excluding hydrogens is 237 g/mol. The van der Waals surface area contributed by atoms with E-state index in [0.717, 1.165) is 27.6 Å². The van der Waals surface area contributed by atoms with Crippen molar-refractivity contribution in [1.82, 2.24) is 10.2 Å². The Morgan fingerprint density at radius 2 is 2.18 bits per heavy atom. The van der Waals surface area contributed by atoms with Gasteiger partial charge < -0.3 is 5.73 Å². The molecule has 2 aromatic rings. The Morgan fingerprint density at radius 3 is 2.88 bits per heavy atom. The van der Waals surface area contributed by atoms with Crippen LogP contribution < -0.4 is 5.73 Å². The summed E-state index contributed by atoms with van der Waals surface area (Å²) in [6, 6.07) is 4.58. The predicted octanol–water partition coefficient (Wildman–Crippen LogP) is 3.06. The third kappa shape index (κ3) is 2.50. The van der Waals surface area contributed by atoms with Gasteiger partial charge in [0.15, 0.2) is 0 Å². The summed E-state index contributed by atoms with van der Waals surface area (Å²) < 4.78 is 13.2. The molecule has 1 aromatic carbocycles. The molecule has 0 saturated heterocycles. The van der Waals surface area contributed by atoms with E-state index in [9.17, 15) is 4.39 Å². The number of halogens is 1. The second-order valence-corrected chi connectivity index (χ2v) is 4.93. The van der Waals surface area contributed by atoms with Gasteiger partial charge in [0.1, 0.15) is 15.8 Å². The maximum absolute atomic E-state index is 13.2. The Hall–Kier alpha value is -1.33. The molecule has 17 heavy (non-hydrogen) atoms. The zero-order chi connectivity index (χ0) is 12.4. The van der Waals surface area contributed by atoms with Crippen molar-refractivity contribution in [3.05, 3.63) is 34.6 Å². The molecule has 0 aliphatic heterocycles. The summed E-state index contributed by atoms with van der Waals surface area (Å²) in [5.41, 5.74) is 7.66. The molecule has 90 valence electrons. The fourth-order valence-corrected chi connectivity index (χ4v) is 2.50. The topological polar surface area (TPSA) is 51.8 Å². The van der Waals surface area contributed by atoms with Crippen LogP contribution in [0, 0.1) is 12.7 Å². The Balaban J connectivity index is 2.40. The summed E-state index contributed by atoms with van der Waals surface area (Å²) in [6.45, 7) is 3.93. The number of nitrogens with zero attached hydrogens (tertiary/aromatic N) is 2. The maximum Gasteiger partial charge on any atom is 0.148 e. The van der Waals surface area contributed by atoms with Gasteiger partial charge in [0.25, 0.3) is 0 Å². The van der Waals surface area contributed by atoms with Crippen LogP contribution in [0.3, 0.4) is 0 Å². The first-order valence-electron chi connectivity index (χ1n) is 5.47. The molecule has 0 amide bonds. The van der Waals surface area contributed by atoms with Crippen LogP contribution in [-0.4, -0.2) is 10.2 Å². The van der Waals surface area contributed by atoms with Crippen molar-refractivity contribution in [3.63, 3.8) is 0 Å². The smallest absolute Gasteiger partial charge is 0.148 e. The summed E-state index contributed by atoms with van der Waals surface area (Å²) in [4.78, 5) is 0. The lowest BCUT2D eigenvalue weighted by Gasteiger charge is -2.02. The van der Waals surface area contributed by atoms with Gasteiger partial charge in [0.2, 0.25) is 0 Å². The minimum atomic E-state index is -0.262. The van der Waals surface area contributed by atoms with Crippen LogP contribution in [0.4, 0.5) is 4.39 Å². The van der Waals surface area contributed by atoms with Crippen LogP contribution in [0.2, 0.25) is 0 Å². The van der Waals surface area contributed by atoms with E-state index in [1.807, 2.05) is 13.8 Å². The lowest BCUT2D eigenvalue weighted by Crippen LogP contribution is -2.07. The van der Waals surface area contributed by atoms with Crippen molar-refractivity contribution in [2.75, 3.05) is 0 Å². The molecule has 1 aromatic heterocycles. The Labute approximate surface area is 104 Å². The number of aryl methyl sites for hydroxylation is 1. The monoisotopic (exact) mass is 251 g/mol. The third-order valence-corrected chi connectivity index (χ3v) is 3.72. The summed E-state index contributed by atoms with van der Waals surface area (Å²) in [5, 5.41) is 9.65. The van der Waals surface area contributed by atoms with E-state index in [2.05, 4.69) is 10.2 Å². The molecule has 0 aliphatic rings. The average Bonchev–Trinajstić information content (AvgIpc) is 2.80. The van der Waals surface area contributed by atoms with Gasteiger partial charge in [0.05, 0.1) is 6.04 Å². The normalized spacial score (nSPS) is 12.7. The first kappa shape index (κ1) is 12.1. The van der Waals surface area contributed by atoms with E-state index in [-0.39, 0.29) is 11.9 Å². The molecule has 0 fully saturated rings. The van der Waals surface area contributed by atoms with E-state index in [1.165, 1.54) is 23.5 Å². The number of benzene rings is 1. The van der Waals surface area contributed by atoms with Crippen LogP contribution in [0.25, 0.3) is 10.6 Å². The quantitative estimate of drug-likeness (QED) is 0.912. The Kier molecular flexibility index (Phi) is 3.49. The molecule has 0 saturated carbocycles. The van der Waals surface area contributed by atoms with Crippen LogP contribution in [0.5, 0.6) is 0 Å². The van der Waals surface area contributed by atoms with E-state index in [0.29, 0.717) is 0 Å².